The van der Waals surface area contributed by atoms with E-state index in [2.05, 4.69) is 5.32 Å². The van der Waals surface area contributed by atoms with Crippen molar-refractivity contribution in [3.8, 4) is 11.5 Å². The summed E-state index contributed by atoms with van der Waals surface area (Å²) in [5, 5.41) is 6.63. The number of Topliss-reactive ketones (excluding diaryl/α,β-unsaturated/α-hetero) is 1. The van der Waals surface area contributed by atoms with E-state index in [9.17, 15) is 14.4 Å². The summed E-state index contributed by atoms with van der Waals surface area (Å²) < 4.78 is 12.9. The van der Waals surface area contributed by atoms with Gasteiger partial charge in [0.05, 0.1) is 4.53 Å². The van der Waals surface area contributed by atoms with Crippen molar-refractivity contribution in [1.29, 1.82) is 0 Å². The van der Waals surface area contributed by atoms with Crippen LogP contribution in [0.25, 0.3) is 12.2 Å². The minimum Gasteiger partial charge on any atom is -0.454 e. The largest absolute Gasteiger partial charge is 0.454 e. The Morgan fingerprint density at radius 1 is 1.19 bits per heavy atom. The third-order valence-corrected chi connectivity index (χ3v) is 6.49. The van der Waals surface area contributed by atoms with Crippen molar-refractivity contribution in [2.45, 2.75) is 27.3 Å². The van der Waals surface area contributed by atoms with Gasteiger partial charge in [0, 0.05) is 23.2 Å². The van der Waals surface area contributed by atoms with Crippen LogP contribution in [0, 0.1) is 5.41 Å². The second-order valence-electron chi connectivity index (χ2n) is 8.27. The third-order valence-electron chi connectivity index (χ3n) is 4.73. The van der Waals surface area contributed by atoms with Crippen molar-refractivity contribution < 1.29 is 19.1 Å². The first-order valence-electron chi connectivity index (χ1n) is 9.90. The van der Waals surface area contributed by atoms with E-state index in [1.807, 2.05) is 37.6 Å². The molecule has 0 spiro atoms. The van der Waals surface area contributed by atoms with E-state index in [0.717, 1.165) is 5.56 Å². The summed E-state index contributed by atoms with van der Waals surface area (Å²) in [6.45, 7) is 5.36. The van der Waals surface area contributed by atoms with Crippen LogP contribution in [0.15, 0.2) is 39.8 Å². The molecule has 1 aliphatic heterocycles. The molecule has 0 unspecified atom stereocenters. The summed E-state index contributed by atoms with van der Waals surface area (Å²) in [4.78, 5) is 38.4. The smallest absolute Gasteiger partial charge is 0.269 e. The van der Waals surface area contributed by atoms with Crippen LogP contribution in [0.4, 0.5) is 5.69 Å². The Labute approximate surface area is 192 Å². The van der Waals surface area contributed by atoms with E-state index in [-0.39, 0.29) is 30.6 Å². The summed E-state index contributed by atoms with van der Waals surface area (Å²) in [5.74, 6) is 0.658. The number of nitrogens with one attached hydrogen (secondary N) is 1. The number of hydrogen-bond acceptors (Lipinski definition) is 7. The highest BCUT2D eigenvalue weighted by molar-refractivity contribution is 7.08. The van der Waals surface area contributed by atoms with Crippen LogP contribution in [0.5, 0.6) is 11.5 Å². The number of carbonyl (C=O) groups excluding carboxylic acids is 2. The Morgan fingerprint density at radius 3 is 2.69 bits per heavy atom. The van der Waals surface area contributed by atoms with Gasteiger partial charge >= 0.3 is 0 Å². The van der Waals surface area contributed by atoms with Crippen LogP contribution < -0.4 is 29.5 Å². The lowest BCUT2D eigenvalue weighted by Crippen LogP contribution is -2.36. The van der Waals surface area contributed by atoms with Gasteiger partial charge in [-0.05, 0) is 40.6 Å². The standard InChI is InChI=1S/C23H22N2O5S2/c1-23(2,3)19(26)10-21-25(22(28)18(32-21)8-14-6-7-31-12-14)11-20(27)24-15-4-5-16-17(9-15)30-13-29-16/h4-10,12H,11,13H2,1-3H3,(H,24,27)/b18-8+,21-10-. The van der Waals surface area contributed by atoms with Gasteiger partial charge in [-0.25, -0.2) is 0 Å². The van der Waals surface area contributed by atoms with Crippen LogP contribution >= 0.6 is 22.7 Å². The highest BCUT2D eigenvalue weighted by Crippen LogP contribution is 2.34. The van der Waals surface area contributed by atoms with Crippen LogP contribution in [-0.2, 0) is 16.1 Å². The minimum atomic E-state index is -0.600. The van der Waals surface area contributed by atoms with Gasteiger partial charge in [-0.1, -0.05) is 20.8 Å². The molecule has 3 aromatic rings. The number of rotatable bonds is 5. The molecule has 2 aromatic heterocycles. The van der Waals surface area contributed by atoms with E-state index >= 15 is 0 Å². The number of thiazole rings is 1. The molecule has 1 N–H and O–H groups in total. The number of ether oxygens (including phenoxy) is 2. The molecule has 9 heteroatoms. The summed E-state index contributed by atoms with van der Waals surface area (Å²) in [7, 11) is 0. The monoisotopic (exact) mass is 470 g/mol. The number of aromatic nitrogens is 1. The SMILES string of the molecule is CC(C)(C)C(=O)/C=c1\s/c(=C/c2ccsc2)c(=O)n1CC(=O)Nc1ccc2c(c1)OCO2. The third kappa shape index (κ3) is 4.84. The molecular weight excluding hydrogens is 448 g/mol. The fourth-order valence-electron chi connectivity index (χ4n) is 2.95. The molecule has 3 heterocycles. The van der Waals surface area contributed by atoms with Crippen LogP contribution in [-0.4, -0.2) is 23.1 Å². The molecule has 4 rings (SSSR count). The maximum absolute atomic E-state index is 13.1. The normalized spacial score (nSPS) is 14.1. The van der Waals surface area contributed by atoms with Crippen LogP contribution in [0.1, 0.15) is 26.3 Å². The van der Waals surface area contributed by atoms with Gasteiger partial charge in [0.2, 0.25) is 12.7 Å². The zero-order valence-corrected chi connectivity index (χ0v) is 19.5. The molecule has 0 fully saturated rings. The Bertz CT molecular complexity index is 1340. The second kappa shape index (κ2) is 8.76. The lowest BCUT2D eigenvalue weighted by molar-refractivity contribution is -0.120. The zero-order chi connectivity index (χ0) is 22.9. The number of carbonyl (C=O) groups is 2. The molecule has 166 valence electrons. The Hall–Kier alpha value is -3.17. The lowest BCUT2D eigenvalue weighted by atomic mass is 9.91. The first-order chi connectivity index (χ1) is 15.2. The predicted molar refractivity (Wildman–Crippen MR) is 126 cm³/mol. The summed E-state index contributed by atoms with van der Waals surface area (Å²) >= 11 is 2.73. The highest BCUT2D eigenvalue weighted by Gasteiger charge is 2.20. The van der Waals surface area contributed by atoms with E-state index in [0.29, 0.717) is 26.4 Å². The van der Waals surface area contributed by atoms with E-state index < -0.39 is 5.41 Å². The van der Waals surface area contributed by atoms with Crippen molar-refractivity contribution in [3.05, 3.63) is 60.1 Å². The van der Waals surface area contributed by atoms with Gasteiger partial charge in [0.15, 0.2) is 17.3 Å². The van der Waals surface area contributed by atoms with Gasteiger partial charge in [-0.2, -0.15) is 11.3 Å². The maximum Gasteiger partial charge on any atom is 0.269 e. The Kier molecular flexibility index (Phi) is 6.03. The zero-order valence-electron chi connectivity index (χ0n) is 17.8. The van der Waals surface area contributed by atoms with Crippen molar-refractivity contribution >= 4 is 52.2 Å². The van der Waals surface area contributed by atoms with Gasteiger partial charge in [-0.3, -0.25) is 19.0 Å². The molecule has 0 saturated heterocycles. The molecule has 0 bridgehead atoms. The number of ketones is 1. The fourth-order valence-corrected chi connectivity index (χ4v) is 4.61. The summed E-state index contributed by atoms with van der Waals surface area (Å²) in [5.41, 5.74) is 0.523. The van der Waals surface area contributed by atoms with Crippen LogP contribution in [0.3, 0.4) is 0 Å². The van der Waals surface area contributed by atoms with E-state index in [1.165, 1.54) is 33.3 Å². The average molecular weight is 471 g/mol. The molecule has 32 heavy (non-hydrogen) atoms. The number of anilines is 1. The quantitative estimate of drug-likeness (QED) is 0.619. The van der Waals surface area contributed by atoms with Gasteiger partial charge in [-0.15, -0.1) is 11.3 Å². The Balaban J connectivity index is 1.68. The number of hydrogen-bond donors (Lipinski definition) is 1. The lowest BCUT2D eigenvalue weighted by Gasteiger charge is -2.13. The predicted octanol–water partition coefficient (Wildman–Crippen LogP) is 2.56. The van der Waals surface area contributed by atoms with Crippen molar-refractivity contribution in [2.24, 2.45) is 5.41 Å². The molecule has 1 aromatic carbocycles. The fraction of sp³-hybridized carbons (Fsp3) is 0.261. The molecule has 1 aliphatic rings. The number of fused-ring (bicyclic) bond motifs is 1. The topological polar surface area (TPSA) is 86.6 Å². The minimum absolute atomic E-state index is 0.120. The molecular formula is C23H22N2O5S2. The number of nitrogens with zero attached hydrogens (tertiary/aromatic N) is 1. The van der Waals surface area contributed by atoms with Gasteiger partial charge < -0.3 is 14.8 Å². The maximum atomic E-state index is 13.1. The number of amides is 1. The highest BCUT2D eigenvalue weighted by atomic mass is 32.1. The van der Waals surface area contributed by atoms with Gasteiger partial charge in [0.25, 0.3) is 5.56 Å². The molecule has 0 atom stereocenters. The second-order valence-corrected chi connectivity index (χ2v) is 10.1. The van der Waals surface area contributed by atoms with E-state index in [1.54, 1.807) is 24.3 Å². The first kappa shape index (κ1) is 22.0. The van der Waals surface area contributed by atoms with Crippen molar-refractivity contribution in [3.63, 3.8) is 0 Å². The molecule has 0 radical (unpaired) electrons. The average Bonchev–Trinajstić information content (AvgIpc) is 3.45. The van der Waals surface area contributed by atoms with Crippen molar-refractivity contribution in [1.82, 2.24) is 4.57 Å². The van der Waals surface area contributed by atoms with Crippen molar-refractivity contribution in [2.75, 3.05) is 12.1 Å². The van der Waals surface area contributed by atoms with Crippen LogP contribution in [0.2, 0.25) is 0 Å². The number of thiophene rings is 1. The molecule has 0 saturated carbocycles. The molecule has 0 aliphatic carbocycles. The Morgan fingerprint density at radius 2 is 1.97 bits per heavy atom. The molecule has 7 nitrogen and oxygen atoms in total. The number of benzene rings is 1. The first-order valence-corrected chi connectivity index (χ1v) is 11.7. The molecule has 1 amide bonds. The summed E-state index contributed by atoms with van der Waals surface area (Å²) in [6, 6.07) is 6.99. The van der Waals surface area contributed by atoms with E-state index in [4.69, 9.17) is 9.47 Å². The summed E-state index contributed by atoms with van der Waals surface area (Å²) in [6.07, 6.45) is 3.22. The van der Waals surface area contributed by atoms with Gasteiger partial charge in [0.1, 0.15) is 11.2 Å².